The Morgan fingerprint density at radius 1 is 1.48 bits per heavy atom. The van der Waals surface area contributed by atoms with E-state index in [0.29, 0.717) is 17.9 Å². The summed E-state index contributed by atoms with van der Waals surface area (Å²) in [7, 11) is 0. The predicted molar refractivity (Wildman–Crippen MR) is 76.1 cm³/mol. The molecule has 1 aromatic heterocycles. The molecule has 118 valence electrons. The molecule has 3 atom stereocenters. The van der Waals surface area contributed by atoms with Crippen molar-refractivity contribution in [3.05, 3.63) is 32.6 Å². The van der Waals surface area contributed by atoms with Crippen LogP contribution < -0.4 is 11.2 Å². The smallest absolute Gasteiger partial charge is 0.330 e. The average molecular weight is 298 g/mol. The quantitative estimate of drug-likeness (QED) is 0.696. The summed E-state index contributed by atoms with van der Waals surface area (Å²) < 4.78 is 6.74. The van der Waals surface area contributed by atoms with Crippen LogP contribution in [0.1, 0.15) is 38.5 Å². The van der Waals surface area contributed by atoms with Crippen LogP contribution in [0.4, 0.5) is 0 Å². The summed E-state index contributed by atoms with van der Waals surface area (Å²) in [5.41, 5.74) is -0.424. The molecule has 3 N–H and O–H groups in total. The summed E-state index contributed by atoms with van der Waals surface area (Å²) in [6, 6.07) is 0. The molecule has 2 rings (SSSR count). The average Bonchev–Trinajstić information content (AvgIpc) is 2.78. The molecule has 0 bridgehead atoms. The normalized spacial score (nSPS) is 25.7. The first-order valence-electron chi connectivity index (χ1n) is 7.21. The van der Waals surface area contributed by atoms with Gasteiger partial charge >= 0.3 is 5.69 Å². The van der Waals surface area contributed by atoms with Gasteiger partial charge in [0.05, 0.1) is 12.7 Å². The molecular formula is C14H22N2O5. The number of aromatic nitrogens is 2. The number of aliphatic hydroxyl groups excluding tert-OH is 2. The lowest BCUT2D eigenvalue weighted by Gasteiger charge is -2.15. The Balaban J connectivity index is 2.26. The zero-order valence-corrected chi connectivity index (χ0v) is 12.3. The second-order valence-corrected chi connectivity index (χ2v) is 5.87. The van der Waals surface area contributed by atoms with Crippen LogP contribution >= 0.6 is 0 Å². The van der Waals surface area contributed by atoms with Gasteiger partial charge < -0.3 is 14.9 Å². The molecule has 0 saturated carbocycles. The van der Waals surface area contributed by atoms with Crippen LogP contribution in [0.15, 0.2) is 15.8 Å². The lowest BCUT2D eigenvalue weighted by Crippen LogP contribution is -2.34. The molecule has 1 aromatic rings. The molecule has 0 radical (unpaired) electrons. The van der Waals surface area contributed by atoms with E-state index in [-0.39, 0.29) is 18.6 Å². The summed E-state index contributed by atoms with van der Waals surface area (Å²) in [6.07, 6.45) is 0.938. The molecule has 7 heteroatoms. The first-order valence-corrected chi connectivity index (χ1v) is 7.21. The van der Waals surface area contributed by atoms with Crippen molar-refractivity contribution in [3.8, 4) is 0 Å². The molecule has 21 heavy (non-hydrogen) atoms. The third-order valence-electron chi connectivity index (χ3n) is 3.73. The number of aryl methyl sites for hydroxylation is 1. The molecule has 0 spiro atoms. The molecule has 1 aliphatic heterocycles. The number of nitrogens with one attached hydrogen (secondary N) is 1. The highest BCUT2D eigenvalue weighted by Gasteiger charge is 2.35. The minimum absolute atomic E-state index is 0.209. The van der Waals surface area contributed by atoms with Crippen LogP contribution in [-0.4, -0.2) is 38.6 Å². The SMILES string of the molecule is CC(C)CCc1cn([C@H]2C[C@H](O)[C@@H](CO)O2)c(=O)[nH]c1=O. The Kier molecular flexibility index (Phi) is 4.97. The molecular weight excluding hydrogens is 276 g/mol. The van der Waals surface area contributed by atoms with Gasteiger partial charge in [0.1, 0.15) is 12.3 Å². The van der Waals surface area contributed by atoms with Crippen molar-refractivity contribution in [2.45, 2.75) is 51.5 Å². The number of aromatic amines is 1. The van der Waals surface area contributed by atoms with Crippen molar-refractivity contribution in [2.75, 3.05) is 6.61 Å². The molecule has 0 aliphatic carbocycles. The fourth-order valence-corrected chi connectivity index (χ4v) is 2.41. The number of hydrogen-bond acceptors (Lipinski definition) is 5. The standard InChI is InChI=1S/C14H22N2O5/c1-8(2)3-4-9-6-16(14(20)15-13(9)19)12-5-10(18)11(7-17)21-12/h6,8,10-12,17-18H,3-5,7H2,1-2H3,(H,15,19,20)/t10-,11+,12+/m0/s1. The highest BCUT2D eigenvalue weighted by atomic mass is 16.5. The van der Waals surface area contributed by atoms with Gasteiger partial charge in [0.2, 0.25) is 0 Å². The number of H-pyrrole nitrogens is 1. The second-order valence-electron chi connectivity index (χ2n) is 5.87. The van der Waals surface area contributed by atoms with Gasteiger partial charge in [-0.05, 0) is 18.8 Å². The van der Waals surface area contributed by atoms with E-state index < -0.39 is 24.1 Å². The van der Waals surface area contributed by atoms with Gasteiger partial charge in [-0.15, -0.1) is 0 Å². The van der Waals surface area contributed by atoms with Gasteiger partial charge in [-0.1, -0.05) is 13.8 Å². The Labute approximate surface area is 122 Å². The first-order chi connectivity index (χ1) is 9.92. The topological polar surface area (TPSA) is 105 Å². The van der Waals surface area contributed by atoms with E-state index in [1.165, 1.54) is 10.8 Å². The highest BCUT2D eigenvalue weighted by molar-refractivity contribution is 5.05. The van der Waals surface area contributed by atoms with E-state index in [9.17, 15) is 14.7 Å². The van der Waals surface area contributed by atoms with E-state index in [1.54, 1.807) is 0 Å². The fraction of sp³-hybridized carbons (Fsp3) is 0.714. The second kappa shape index (κ2) is 6.55. The van der Waals surface area contributed by atoms with E-state index in [4.69, 9.17) is 9.84 Å². The predicted octanol–water partition coefficient (Wildman–Crippen LogP) is -0.234. The van der Waals surface area contributed by atoms with Crippen molar-refractivity contribution in [1.29, 1.82) is 0 Å². The number of hydrogen-bond donors (Lipinski definition) is 3. The molecule has 1 aliphatic rings. The van der Waals surface area contributed by atoms with Gasteiger partial charge in [0.15, 0.2) is 0 Å². The van der Waals surface area contributed by atoms with Crippen LogP contribution in [0, 0.1) is 5.92 Å². The van der Waals surface area contributed by atoms with E-state index in [1.807, 2.05) is 0 Å². The monoisotopic (exact) mass is 298 g/mol. The van der Waals surface area contributed by atoms with Crippen molar-refractivity contribution >= 4 is 0 Å². The van der Waals surface area contributed by atoms with Gasteiger partial charge in [0, 0.05) is 18.2 Å². The summed E-state index contributed by atoms with van der Waals surface area (Å²) in [6.45, 7) is 3.81. The minimum Gasteiger partial charge on any atom is -0.394 e. The van der Waals surface area contributed by atoms with Gasteiger partial charge in [0.25, 0.3) is 5.56 Å². The third-order valence-corrected chi connectivity index (χ3v) is 3.73. The Morgan fingerprint density at radius 2 is 2.19 bits per heavy atom. The molecule has 7 nitrogen and oxygen atoms in total. The third kappa shape index (κ3) is 3.61. The summed E-state index contributed by atoms with van der Waals surface area (Å²) in [4.78, 5) is 26.0. The maximum atomic E-state index is 11.9. The van der Waals surface area contributed by atoms with E-state index >= 15 is 0 Å². The van der Waals surface area contributed by atoms with Gasteiger partial charge in [-0.3, -0.25) is 14.3 Å². The fourth-order valence-electron chi connectivity index (χ4n) is 2.41. The molecule has 0 amide bonds. The minimum atomic E-state index is -0.821. The van der Waals surface area contributed by atoms with Crippen LogP contribution in [0.25, 0.3) is 0 Å². The largest absolute Gasteiger partial charge is 0.394 e. The molecule has 0 unspecified atom stereocenters. The molecule has 1 fully saturated rings. The summed E-state index contributed by atoms with van der Waals surface area (Å²) in [5, 5.41) is 18.8. The highest BCUT2D eigenvalue weighted by Crippen LogP contribution is 2.27. The maximum Gasteiger partial charge on any atom is 0.330 e. The molecule has 1 saturated heterocycles. The first kappa shape index (κ1) is 15.9. The Hall–Kier alpha value is -1.44. The van der Waals surface area contributed by atoms with Gasteiger partial charge in [-0.2, -0.15) is 0 Å². The van der Waals surface area contributed by atoms with Crippen molar-refractivity contribution in [1.82, 2.24) is 9.55 Å². The zero-order chi connectivity index (χ0) is 15.6. The lowest BCUT2D eigenvalue weighted by atomic mass is 10.0. The van der Waals surface area contributed by atoms with Crippen LogP contribution in [0.5, 0.6) is 0 Å². The van der Waals surface area contributed by atoms with E-state index in [2.05, 4.69) is 18.8 Å². The maximum absolute atomic E-state index is 11.9. The van der Waals surface area contributed by atoms with Crippen LogP contribution in [0.3, 0.4) is 0 Å². The van der Waals surface area contributed by atoms with Gasteiger partial charge in [-0.25, -0.2) is 4.79 Å². The number of ether oxygens (including phenoxy) is 1. The van der Waals surface area contributed by atoms with Crippen LogP contribution in [0.2, 0.25) is 0 Å². The molecule has 2 heterocycles. The lowest BCUT2D eigenvalue weighted by molar-refractivity contribution is -0.0460. The van der Waals surface area contributed by atoms with Crippen molar-refractivity contribution in [2.24, 2.45) is 5.92 Å². The number of rotatable bonds is 5. The Morgan fingerprint density at radius 3 is 2.76 bits per heavy atom. The Bertz CT molecular complexity index is 592. The summed E-state index contributed by atoms with van der Waals surface area (Å²) in [5.74, 6) is 0.452. The van der Waals surface area contributed by atoms with Crippen molar-refractivity contribution in [3.63, 3.8) is 0 Å². The van der Waals surface area contributed by atoms with E-state index in [0.717, 1.165) is 6.42 Å². The number of aliphatic hydroxyl groups is 2. The zero-order valence-electron chi connectivity index (χ0n) is 12.3. The van der Waals surface area contributed by atoms with Crippen LogP contribution in [-0.2, 0) is 11.2 Å². The number of nitrogens with zero attached hydrogens (tertiary/aromatic N) is 1. The van der Waals surface area contributed by atoms with Crippen molar-refractivity contribution < 1.29 is 14.9 Å². The summed E-state index contributed by atoms with van der Waals surface area (Å²) >= 11 is 0. The molecule has 0 aromatic carbocycles.